The zero-order chi connectivity index (χ0) is 17.6. The molecule has 0 aromatic carbocycles. The van der Waals surface area contributed by atoms with E-state index >= 15 is 0 Å². The topological polar surface area (TPSA) is 104 Å². The van der Waals surface area contributed by atoms with Crippen LogP contribution in [0.3, 0.4) is 0 Å². The van der Waals surface area contributed by atoms with Crippen LogP contribution in [0.4, 0.5) is 0 Å². The van der Waals surface area contributed by atoms with Crippen LogP contribution in [-0.2, 0) is 6.54 Å². The fourth-order valence-corrected chi connectivity index (χ4v) is 2.90. The number of rotatable bonds is 7. The van der Waals surface area contributed by atoms with E-state index in [4.69, 9.17) is 0 Å². The van der Waals surface area contributed by atoms with Gasteiger partial charge in [0.25, 0.3) is 5.91 Å². The van der Waals surface area contributed by atoms with Gasteiger partial charge in [-0.3, -0.25) is 14.4 Å². The summed E-state index contributed by atoms with van der Waals surface area (Å²) in [6.45, 7) is 9.73. The number of H-pyrrole nitrogens is 1. The number of imidazole rings is 1. The van der Waals surface area contributed by atoms with Crippen molar-refractivity contribution in [2.24, 2.45) is 0 Å². The molecular weight excluding hydrogens is 320 g/mol. The van der Waals surface area contributed by atoms with Crippen LogP contribution in [0.1, 0.15) is 41.4 Å². The molecule has 25 heavy (non-hydrogen) atoms. The molecule has 3 N–H and O–H groups in total. The number of carbonyl (C=O) groups is 1. The van der Waals surface area contributed by atoms with Gasteiger partial charge in [0, 0.05) is 44.6 Å². The first-order chi connectivity index (χ1) is 12.2. The Morgan fingerprint density at radius 3 is 2.84 bits per heavy atom. The first-order valence-electron chi connectivity index (χ1n) is 8.81. The van der Waals surface area contributed by atoms with Gasteiger partial charge in [-0.1, -0.05) is 12.1 Å². The molecule has 2 aromatic heterocycles. The lowest BCUT2D eigenvalue weighted by atomic mass is 10.2. The molecule has 0 radical (unpaired) electrons. The lowest BCUT2D eigenvalue weighted by molar-refractivity contribution is 0.0928. The molecule has 0 aliphatic carbocycles. The molecule has 1 amide bonds. The van der Waals surface area contributed by atoms with Crippen molar-refractivity contribution in [1.29, 1.82) is 0 Å². The Bertz CT molecular complexity index is 688. The van der Waals surface area contributed by atoms with Crippen LogP contribution in [0.5, 0.6) is 0 Å². The minimum absolute atomic E-state index is 0.160. The number of nitrogens with one attached hydrogen (secondary N) is 3. The number of carbonyl (C=O) groups excluding carboxylic acids is 1. The van der Waals surface area contributed by atoms with Crippen LogP contribution in [0.25, 0.3) is 0 Å². The quantitative estimate of drug-likeness (QED) is 0.657. The Morgan fingerprint density at radius 2 is 2.16 bits per heavy atom. The van der Waals surface area contributed by atoms with Gasteiger partial charge in [0.05, 0.1) is 18.8 Å². The average Bonchev–Trinajstić information content (AvgIpc) is 3.28. The molecule has 0 bridgehead atoms. The molecule has 1 aliphatic rings. The van der Waals surface area contributed by atoms with Gasteiger partial charge in [0.15, 0.2) is 5.69 Å². The molecule has 9 nitrogen and oxygen atoms in total. The van der Waals surface area contributed by atoms with E-state index in [0.717, 1.165) is 57.2 Å². The second kappa shape index (κ2) is 8.21. The fourth-order valence-electron chi connectivity index (χ4n) is 2.90. The number of hydrogen-bond donors (Lipinski definition) is 3. The van der Waals surface area contributed by atoms with E-state index in [1.807, 2.05) is 13.8 Å². The number of hydrogen-bond acceptors (Lipinski definition) is 6. The largest absolute Gasteiger partial charge is 0.344 e. The van der Waals surface area contributed by atoms with E-state index in [1.165, 1.54) is 0 Å². The predicted octanol–water partition coefficient (Wildman–Crippen LogP) is 0.0959. The molecule has 1 fully saturated rings. The summed E-state index contributed by atoms with van der Waals surface area (Å²) in [7, 11) is 0. The third kappa shape index (κ3) is 4.64. The molecule has 9 heteroatoms. The highest BCUT2D eigenvalue weighted by atomic mass is 16.2. The minimum Gasteiger partial charge on any atom is -0.344 e. The standard InChI is InChI=1S/C16H26N8O/c1-3-13(15-18-10-12(2)19-15)20-16(25)14-11-24(22-21-14)9-8-23-6-4-17-5-7-23/h10-11,13,17H,3-9H2,1-2H3,(H,18,19)(H,20,25)/t13-/m1/s1. The maximum atomic E-state index is 12.4. The van der Waals surface area contributed by atoms with Crippen LogP contribution in [0, 0.1) is 6.92 Å². The molecule has 3 heterocycles. The summed E-state index contributed by atoms with van der Waals surface area (Å²) in [5.74, 6) is 0.536. The summed E-state index contributed by atoms with van der Waals surface area (Å²) >= 11 is 0. The van der Waals surface area contributed by atoms with Crippen LogP contribution in [0.2, 0.25) is 0 Å². The lowest BCUT2D eigenvalue weighted by Gasteiger charge is -2.26. The smallest absolute Gasteiger partial charge is 0.274 e. The molecule has 1 atom stereocenters. The molecule has 0 unspecified atom stereocenters. The minimum atomic E-state index is -0.227. The average molecular weight is 346 g/mol. The Kier molecular flexibility index (Phi) is 5.77. The molecule has 0 saturated carbocycles. The maximum absolute atomic E-state index is 12.4. The normalized spacial score (nSPS) is 16.7. The zero-order valence-corrected chi connectivity index (χ0v) is 14.8. The van der Waals surface area contributed by atoms with E-state index in [0.29, 0.717) is 5.69 Å². The zero-order valence-electron chi connectivity index (χ0n) is 14.8. The van der Waals surface area contributed by atoms with Gasteiger partial charge in [-0.15, -0.1) is 5.10 Å². The van der Waals surface area contributed by atoms with Crippen molar-refractivity contribution in [3.8, 4) is 0 Å². The predicted molar refractivity (Wildman–Crippen MR) is 93.2 cm³/mol. The summed E-state index contributed by atoms with van der Waals surface area (Å²) in [5.41, 5.74) is 1.31. The Balaban J connectivity index is 1.54. The number of amides is 1. The molecular formula is C16H26N8O. The number of piperazine rings is 1. The summed E-state index contributed by atoms with van der Waals surface area (Å²) in [6, 6.07) is -0.160. The Labute approximate surface area is 147 Å². The molecule has 136 valence electrons. The van der Waals surface area contributed by atoms with Gasteiger partial charge in [-0.05, 0) is 13.3 Å². The van der Waals surface area contributed by atoms with Crippen LogP contribution >= 0.6 is 0 Å². The SMILES string of the molecule is CC[C@@H](NC(=O)c1cn(CCN2CCNCC2)nn1)c1ncc(C)[nH]1. The first-order valence-corrected chi connectivity index (χ1v) is 8.81. The van der Waals surface area contributed by atoms with Crippen LogP contribution in [0.15, 0.2) is 12.4 Å². The van der Waals surface area contributed by atoms with Gasteiger partial charge in [0.1, 0.15) is 5.82 Å². The van der Waals surface area contributed by atoms with Gasteiger partial charge >= 0.3 is 0 Å². The molecule has 3 rings (SSSR count). The van der Waals surface area contributed by atoms with Crippen molar-refractivity contribution in [1.82, 2.24) is 40.5 Å². The summed E-state index contributed by atoms with van der Waals surface area (Å²) in [5, 5.41) is 14.4. The Morgan fingerprint density at radius 1 is 1.36 bits per heavy atom. The van der Waals surface area contributed by atoms with E-state index < -0.39 is 0 Å². The second-order valence-electron chi connectivity index (χ2n) is 6.34. The van der Waals surface area contributed by atoms with Crippen molar-refractivity contribution in [3.05, 3.63) is 29.6 Å². The van der Waals surface area contributed by atoms with E-state index in [2.05, 4.69) is 35.8 Å². The maximum Gasteiger partial charge on any atom is 0.274 e. The third-order valence-corrected chi connectivity index (χ3v) is 4.39. The van der Waals surface area contributed by atoms with Crippen molar-refractivity contribution < 1.29 is 4.79 Å². The van der Waals surface area contributed by atoms with E-state index in [-0.39, 0.29) is 11.9 Å². The Hall–Kier alpha value is -2.26. The van der Waals surface area contributed by atoms with Crippen LogP contribution < -0.4 is 10.6 Å². The highest BCUT2D eigenvalue weighted by molar-refractivity contribution is 5.92. The highest BCUT2D eigenvalue weighted by Gasteiger charge is 2.19. The third-order valence-electron chi connectivity index (χ3n) is 4.39. The molecule has 1 aliphatic heterocycles. The first kappa shape index (κ1) is 17.6. The highest BCUT2D eigenvalue weighted by Crippen LogP contribution is 2.13. The van der Waals surface area contributed by atoms with E-state index in [9.17, 15) is 4.79 Å². The van der Waals surface area contributed by atoms with Gasteiger partial charge in [0.2, 0.25) is 0 Å². The van der Waals surface area contributed by atoms with Gasteiger partial charge in [-0.2, -0.15) is 0 Å². The van der Waals surface area contributed by atoms with Gasteiger partial charge < -0.3 is 15.6 Å². The van der Waals surface area contributed by atoms with E-state index in [1.54, 1.807) is 17.1 Å². The molecule has 1 saturated heterocycles. The van der Waals surface area contributed by atoms with Crippen molar-refractivity contribution in [2.75, 3.05) is 32.7 Å². The summed E-state index contributed by atoms with van der Waals surface area (Å²) < 4.78 is 1.73. The molecule has 0 spiro atoms. The van der Waals surface area contributed by atoms with Crippen molar-refractivity contribution in [2.45, 2.75) is 32.9 Å². The van der Waals surface area contributed by atoms with Crippen molar-refractivity contribution >= 4 is 5.91 Å². The summed E-state index contributed by atoms with van der Waals surface area (Å²) in [4.78, 5) is 22.3. The fraction of sp³-hybridized carbons (Fsp3) is 0.625. The second-order valence-corrected chi connectivity index (χ2v) is 6.34. The monoisotopic (exact) mass is 346 g/mol. The number of aryl methyl sites for hydroxylation is 1. The number of aromatic amines is 1. The number of aromatic nitrogens is 5. The van der Waals surface area contributed by atoms with Crippen LogP contribution in [-0.4, -0.2) is 68.5 Å². The van der Waals surface area contributed by atoms with Crippen molar-refractivity contribution in [3.63, 3.8) is 0 Å². The lowest BCUT2D eigenvalue weighted by Crippen LogP contribution is -2.44. The summed E-state index contributed by atoms with van der Waals surface area (Å²) in [6.07, 6.45) is 4.21. The molecule has 2 aromatic rings. The number of nitrogens with zero attached hydrogens (tertiary/aromatic N) is 5. The van der Waals surface area contributed by atoms with Gasteiger partial charge in [-0.25, -0.2) is 4.98 Å².